The van der Waals surface area contributed by atoms with Crippen LogP contribution in [0, 0.1) is 0 Å². The van der Waals surface area contributed by atoms with E-state index in [0.29, 0.717) is 19.7 Å². The number of hydrogen-bond donors (Lipinski definition) is 0. The lowest BCUT2D eigenvalue weighted by molar-refractivity contribution is -0.137. The summed E-state index contributed by atoms with van der Waals surface area (Å²) in [5, 5.41) is 4.57. The Kier molecular flexibility index (Phi) is 7.47. The molecule has 0 saturated heterocycles. The van der Waals surface area contributed by atoms with Crippen molar-refractivity contribution in [3.8, 4) is 11.3 Å². The number of fused-ring (bicyclic) bond motifs is 2. The van der Waals surface area contributed by atoms with Crippen molar-refractivity contribution in [3.05, 3.63) is 132 Å². The van der Waals surface area contributed by atoms with Crippen LogP contribution >= 0.6 is 11.3 Å². The third-order valence-electron chi connectivity index (χ3n) is 6.87. The zero-order valence-corrected chi connectivity index (χ0v) is 22.4. The highest BCUT2D eigenvalue weighted by atomic mass is 32.1. The molecule has 194 valence electrons. The van der Waals surface area contributed by atoms with E-state index in [1.807, 2.05) is 53.4 Å². The summed E-state index contributed by atoms with van der Waals surface area (Å²) in [4.78, 5) is 21.0. The van der Waals surface area contributed by atoms with Gasteiger partial charge in [0, 0.05) is 42.3 Å². The highest BCUT2D eigenvalue weighted by Gasteiger charge is 2.17. The highest BCUT2D eigenvalue weighted by molar-refractivity contribution is 7.15. The number of rotatable bonds is 10. The number of thiazole rings is 1. The average molecular weight is 532 g/mol. The molecule has 6 rings (SSSR count). The molecule has 2 heterocycles. The van der Waals surface area contributed by atoms with E-state index >= 15 is 0 Å². The van der Waals surface area contributed by atoms with Crippen LogP contribution in [0.2, 0.25) is 0 Å². The number of nitrogens with zero attached hydrogens (tertiary/aromatic N) is 3. The van der Waals surface area contributed by atoms with Crippen LogP contribution in [0.25, 0.3) is 27.0 Å². The maximum Gasteiger partial charge on any atom is 0.248 e. The van der Waals surface area contributed by atoms with Crippen molar-refractivity contribution in [1.82, 2.24) is 14.3 Å². The predicted molar refractivity (Wildman–Crippen MR) is 158 cm³/mol. The summed E-state index contributed by atoms with van der Waals surface area (Å²) in [6, 6.07) is 34.9. The molecule has 0 fully saturated rings. The smallest absolute Gasteiger partial charge is 0.248 e. The van der Waals surface area contributed by atoms with Gasteiger partial charge < -0.3 is 9.64 Å². The normalized spacial score (nSPS) is 11.3. The molecular weight excluding hydrogens is 502 g/mol. The predicted octanol–water partition coefficient (Wildman–Crippen LogP) is 7.00. The molecule has 6 aromatic rings. The van der Waals surface area contributed by atoms with E-state index in [-0.39, 0.29) is 12.5 Å². The lowest BCUT2D eigenvalue weighted by Crippen LogP contribution is -2.35. The molecular formula is C33H29N3O2S. The van der Waals surface area contributed by atoms with Gasteiger partial charge in [0.25, 0.3) is 0 Å². The van der Waals surface area contributed by atoms with Crippen molar-refractivity contribution in [2.75, 3.05) is 13.2 Å². The lowest BCUT2D eigenvalue weighted by Gasteiger charge is -2.23. The second-order valence-corrected chi connectivity index (χ2v) is 10.4. The molecule has 0 aliphatic heterocycles. The molecule has 0 radical (unpaired) electrons. The molecule has 0 aliphatic carbocycles. The fraction of sp³-hybridized carbons (Fsp3) is 0.152. The monoisotopic (exact) mass is 531 g/mol. The highest BCUT2D eigenvalue weighted by Crippen LogP contribution is 2.27. The molecule has 0 spiro atoms. The van der Waals surface area contributed by atoms with E-state index in [9.17, 15) is 4.79 Å². The first-order chi connectivity index (χ1) is 19.2. The van der Waals surface area contributed by atoms with Crippen molar-refractivity contribution < 1.29 is 9.53 Å². The van der Waals surface area contributed by atoms with Crippen LogP contribution in [0.3, 0.4) is 0 Å². The number of carbonyl (C=O) groups excluding carboxylic acids is 1. The fourth-order valence-corrected chi connectivity index (χ4v) is 5.67. The summed E-state index contributed by atoms with van der Waals surface area (Å²) < 4.78 is 7.94. The third kappa shape index (κ3) is 5.93. The number of hydrogen-bond acceptors (Lipinski definition) is 4. The largest absolute Gasteiger partial charge is 0.367 e. The summed E-state index contributed by atoms with van der Waals surface area (Å²) in [6.07, 6.45) is 2.84. The Balaban J connectivity index is 1.17. The summed E-state index contributed by atoms with van der Waals surface area (Å²) in [6.45, 7) is 1.62. The van der Waals surface area contributed by atoms with E-state index in [4.69, 9.17) is 9.72 Å². The second-order valence-electron chi connectivity index (χ2n) is 9.60. The van der Waals surface area contributed by atoms with Crippen LogP contribution < -0.4 is 0 Å². The molecule has 1 amide bonds. The van der Waals surface area contributed by atoms with Crippen molar-refractivity contribution in [1.29, 1.82) is 0 Å². The minimum absolute atomic E-state index is 0.0104. The molecule has 39 heavy (non-hydrogen) atoms. The molecule has 0 bridgehead atoms. The van der Waals surface area contributed by atoms with E-state index in [1.165, 1.54) is 10.8 Å². The summed E-state index contributed by atoms with van der Waals surface area (Å²) in [7, 11) is 0. The van der Waals surface area contributed by atoms with Crippen molar-refractivity contribution in [2.45, 2.75) is 19.6 Å². The summed E-state index contributed by atoms with van der Waals surface area (Å²) in [5.41, 5.74) is 5.37. The zero-order chi connectivity index (χ0) is 26.4. The first-order valence-corrected chi connectivity index (χ1v) is 14.0. The first-order valence-electron chi connectivity index (χ1n) is 13.1. The topological polar surface area (TPSA) is 46.8 Å². The lowest BCUT2D eigenvalue weighted by atomic mass is 10.1. The van der Waals surface area contributed by atoms with Gasteiger partial charge in [-0.05, 0) is 28.0 Å². The van der Waals surface area contributed by atoms with E-state index in [2.05, 4.69) is 70.6 Å². The SMILES string of the molecule is O=C(COCc1ccccc1)N(CCc1csc2nc(-c3ccc4ccccc4c3)cn12)Cc1ccccc1. The second kappa shape index (κ2) is 11.6. The van der Waals surface area contributed by atoms with Crippen molar-refractivity contribution >= 4 is 33.0 Å². The molecule has 0 atom stereocenters. The van der Waals surface area contributed by atoms with Gasteiger partial charge in [-0.2, -0.15) is 0 Å². The molecule has 4 aromatic carbocycles. The molecule has 6 heteroatoms. The van der Waals surface area contributed by atoms with Gasteiger partial charge >= 0.3 is 0 Å². The Labute approximate surface area is 231 Å². The van der Waals surface area contributed by atoms with Gasteiger partial charge in [-0.3, -0.25) is 9.20 Å². The third-order valence-corrected chi connectivity index (χ3v) is 7.76. The van der Waals surface area contributed by atoms with Gasteiger partial charge in [0.1, 0.15) is 6.61 Å². The first kappa shape index (κ1) is 25.0. The van der Waals surface area contributed by atoms with Crippen molar-refractivity contribution in [3.63, 3.8) is 0 Å². The number of amides is 1. The van der Waals surface area contributed by atoms with Crippen LogP contribution in [0.5, 0.6) is 0 Å². The Morgan fingerprint density at radius 1 is 0.846 bits per heavy atom. The number of aromatic nitrogens is 2. The molecule has 0 unspecified atom stereocenters. The van der Waals surface area contributed by atoms with Gasteiger partial charge in [0.2, 0.25) is 5.91 Å². The van der Waals surface area contributed by atoms with Crippen LogP contribution in [0.1, 0.15) is 16.8 Å². The quantitative estimate of drug-likeness (QED) is 0.191. The summed E-state index contributed by atoms with van der Waals surface area (Å²) in [5.74, 6) is -0.0104. The molecule has 0 saturated carbocycles. The molecule has 5 nitrogen and oxygen atoms in total. The van der Waals surface area contributed by atoms with Crippen molar-refractivity contribution in [2.24, 2.45) is 0 Å². The number of carbonyl (C=O) groups is 1. The van der Waals surface area contributed by atoms with E-state index in [0.717, 1.165) is 39.5 Å². The number of benzene rings is 4. The Hall–Kier alpha value is -4.26. The van der Waals surface area contributed by atoms with Gasteiger partial charge in [0.05, 0.1) is 12.3 Å². The zero-order valence-electron chi connectivity index (χ0n) is 21.6. The van der Waals surface area contributed by atoms with Gasteiger partial charge in [0.15, 0.2) is 4.96 Å². The minimum Gasteiger partial charge on any atom is -0.367 e. The fourth-order valence-electron chi connectivity index (χ4n) is 4.76. The Morgan fingerprint density at radius 3 is 2.36 bits per heavy atom. The van der Waals surface area contributed by atoms with Crippen LogP contribution in [0.15, 0.2) is 115 Å². The van der Waals surface area contributed by atoms with Gasteiger partial charge in [-0.25, -0.2) is 4.98 Å². The van der Waals surface area contributed by atoms with Crippen LogP contribution in [-0.2, 0) is 29.1 Å². The molecule has 0 aliphatic rings. The number of ether oxygens (including phenoxy) is 1. The number of imidazole rings is 1. The summed E-state index contributed by atoms with van der Waals surface area (Å²) >= 11 is 1.63. The minimum atomic E-state index is -0.0104. The van der Waals surface area contributed by atoms with Gasteiger partial charge in [-0.15, -0.1) is 11.3 Å². The Bertz CT molecular complexity index is 1690. The van der Waals surface area contributed by atoms with Crippen LogP contribution in [-0.4, -0.2) is 33.3 Å². The maximum absolute atomic E-state index is 13.2. The van der Waals surface area contributed by atoms with Crippen LogP contribution in [0.4, 0.5) is 0 Å². The Morgan fingerprint density at radius 2 is 1.56 bits per heavy atom. The average Bonchev–Trinajstić information content (AvgIpc) is 3.57. The van der Waals surface area contributed by atoms with E-state index < -0.39 is 0 Å². The molecule has 2 aromatic heterocycles. The van der Waals surface area contributed by atoms with E-state index in [1.54, 1.807) is 11.3 Å². The van der Waals surface area contributed by atoms with Gasteiger partial charge in [-0.1, -0.05) is 97.1 Å². The maximum atomic E-state index is 13.2. The molecule has 0 N–H and O–H groups in total. The standard InChI is InChI=1S/C33H29N3O2S/c37-32(23-38-22-26-11-5-2-6-12-26)35(20-25-9-3-1-4-10-25)18-17-30-24-39-33-34-31(21-36(30)33)29-16-15-27-13-7-8-14-28(27)19-29/h1-16,19,21,24H,17-18,20,22-23H2.